The van der Waals surface area contributed by atoms with Crippen LogP contribution in [-0.4, -0.2) is 48.3 Å². The van der Waals surface area contributed by atoms with Crippen LogP contribution in [0.2, 0.25) is 0 Å². The average molecular weight is 415 g/mol. The van der Waals surface area contributed by atoms with Crippen molar-refractivity contribution in [2.45, 2.75) is 25.4 Å². The van der Waals surface area contributed by atoms with E-state index >= 15 is 0 Å². The lowest BCUT2D eigenvalue weighted by atomic mass is 10.0. The molecule has 0 amide bonds. The number of rotatable bonds is 6. The minimum Gasteiger partial charge on any atom is -0.377 e. The van der Waals surface area contributed by atoms with Crippen LogP contribution in [0.3, 0.4) is 0 Å². The van der Waals surface area contributed by atoms with Gasteiger partial charge in [-0.25, -0.2) is 13.2 Å². The standard InChI is InChI=1S/C22H24F3N5/c1-13(16-5-4-6-17(21(16)23)22(24)25)27-20-10-26-28-19-8-7-14(9-18(19)20)30(3)15-11-29(2)12-15/h4-10,13,15,22H,11-12H2,1-3H3,(H,27,28)/t13-/m1/s1. The van der Waals surface area contributed by atoms with E-state index in [2.05, 4.69) is 39.4 Å². The van der Waals surface area contributed by atoms with Gasteiger partial charge in [0.15, 0.2) is 0 Å². The number of halogens is 3. The first-order valence-electron chi connectivity index (χ1n) is 9.85. The van der Waals surface area contributed by atoms with E-state index in [1.165, 1.54) is 12.1 Å². The molecule has 1 atom stereocenters. The van der Waals surface area contributed by atoms with Gasteiger partial charge in [-0.1, -0.05) is 18.2 Å². The molecule has 5 nitrogen and oxygen atoms in total. The van der Waals surface area contributed by atoms with E-state index in [1.807, 2.05) is 18.2 Å². The van der Waals surface area contributed by atoms with Gasteiger partial charge in [-0.15, -0.1) is 0 Å². The first-order chi connectivity index (χ1) is 14.3. The van der Waals surface area contributed by atoms with Crippen LogP contribution in [-0.2, 0) is 0 Å². The molecule has 1 N–H and O–H groups in total. The van der Waals surface area contributed by atoms with Crippen molar-refractivity contribution >= 4 is 22.3 Å². The topological polar surface area (TPSA) is 44.3 Å². The second-order valence-electron chi connectivity index (χ2n) is 7.86. The van der Waals surface area contributed by atoms with E-state index in [4.69, 9.17) is 0 Å². The number of nitrogens with zero attached hydrogens (tertiary/aromatic N) is 4. The predicted octanol–water partition coefficient (Wildman–Crippen LogP) is 4.63. The van der Waals surface area contributed by atoms with Gasteiger partial charge < -0.3 is 15.1 Å². The lowest BCUT2D eigenvalue weighted by Gasteiger charge is -2.43. The summed E-state index contributed by atoms with van der Waals surface area (Å²) in [4.78, 5) is 4.49. The Morgan fingerprint density at radius 3 is 2.60 bits per heavy atom. The summed E-state index contributed by atoms with van der Waals surface area (Å²) in [6.45, 7) is 3.75. The third-order valence-electron chi connectivity index (χ3n) is 5.75. The van der Waals surface area contributed by atoms with Crippen molar-refractivity contribution in [2.75, 3.05) is 37.4 Å². The number of fused-ring (bicyclic) bond motifs is 1. The third-order valence-corrected chi connectivity index (χ3v) is 5.75. The highest BCUT2D eigenvalue weighted by atomic mass is 19.3. The lowest BCUT2D eigenvalue weighted by Crippen LogP contribution is -2.56. The summed E-state index contributed by atoms with van der Waals surface area (Å²) in [7, 11) is 4.15. The molecular weight excluding hydrogens is 391 g/mol. The van der Waals surface area contributed by atoms with Crippen LogP contribution in [0.5, 0.6) is 0 Å². The van der Waals surface area contributed by atoms with Crippen molar-refractivity contribution in [1.82, 2.24) is 15.1 Å². The zero-order valence-electron chi connectivity index (χ0n) is 17.1. The summed E-state index contributed by atoms with van der Waals surface area (Å²) >= 11 is 0. The van der Waals surface area contributed by atoms with Crippen LogP contribution in [0.4, 0.5) is 24.5 Å². The number of likely N-dealkylation sites (tertiary alicyclic amines) is 1. The van der Waals surface area contributed by atoms with Crippen molar-refractivity contribution < 1.29 is 13.2 Å². The van der Waals surface area contributed by atoms with Gasteiger partial charge in [0.25, 0.3) is 6.43 Å². The Bertz CT molecular complexity index is 1050. The van der Waals surface area contributed by atoms with E-state index in [0.29, 0.717) is 17.2 Å². The summed E-state index contributed by atoms with van der Waals surface area (Å²) in [5.41, 5.74) is 2.03. The molecule has 1 aliphatic rings. The molecule has 30 heavy (non-hydrogen) atoms. The molecule has 1 fully saturated rings. The Labute approximate surface area is 173 Å². The normalized spacial score (nSPS) is 16.0. The fraction of sp³-hybridized carbons (Fsp3) is 0.364. The number of hydrogen-bond acceptors (Lipinski definition) is 5. The summed E-state index contributed by atoms with van der Waals surface area (Å²) in [5.74, 6) is -0.881. The van der Waals surface area contributed by atoms with E-state index in [9.17, 15) is 13.2 Å². The van der Waals surface area contributed by atoms with Crippen molar-refractivity contribution in [1.29, 1.82) is 0 Å². The van der Waals surface area contributed by atoms with Gasteiger partial charge in [0.2, 0.25) is 0 Å². The number of hydrogen-bond donors (Lipinski definition) is 1. The van der Waals surface area contributed by atoms with Crippen molar-refractivity contribution in [3.8, 4) is 0 Å². The second kappa shape index (κ2) is 8.10. The van der Waals surface area contributed by atoms with E-state index < -0.39 is 23.8 Å². The molecule has 0 bridgehead atoms. The van der Waals surface area contributed by atoms with Gasteiger partial charge in [0.05, 0.1) is 35.0 Å². The molecule has 0 spiro atoms. The molecule has 158 valence electrons. The minimum absolute atomic E-state index is 0.184. The number of anilines is 2. The van der Waals surface area contributed by atoms with Crippen LogP contribution >= 0.6 is 0 Å². The van der Waals surface area contributed by atoms with Gasteiger partial charge in [-0.05, 0) is 32.2 Å². The molecular formula is C22H24F3N5. The number of nitrogens with one attached hydrogen (secondary N) is 1. The van der Waals surface area contributed by atoms with Crippen LogP contribution in [0.25, 0.3) is 10.9 Å². The number of benzene rings is 2. The van der Waals surface area contributed by atoms with Crippen molar-refractivity contribution in [3.05, 3.63) is 59.5 Å². The van der Waals surface area contributed by atoms with Crippen LogP contribution in [0.15, 0.2) is 42.6 Å². The second-order valence-corrected chi connectivity index (χ2v) is 7.86. The Morgan fingerprint density at radius 1 is 1.17 bits per heavy atom. The summed E-state index contributed by atoms with van der Waals surface area (Å²) in [6.07, 6.45) is -1.28. The molecule has 0 radical (unpaired) electrons. The van der Waals surface area contributed by atoms with Crippen molar-refractivity contribution in [2.24, 2.45) is 0 Å². The first kappa shape index (κ1) is 20.4. The quantitative estimate of drug-likeness (QED) is 0.636. The fourth-order valence-corrected chi connectivity index (χ4v) is 3.88. The van der Waals surface area contributed by atoms with Gasteiger partial charge in [-0.2, -0.15) is 10.2 Å². The Kier molecular flexibility index (Phi) is 5.51. The monoisotopic (exact) mass is 415 g/mol. The van der Waals surface area contributed by atoms with Crippen LogP contribution in [0.1, 0.15) is 30.5 Å². The summed E-state index contributed by atoms with van der Waals surface area (Å²) in [5, 5.41) is 12.3. The van der Waals surface area contributed by atoms with Gasteiger partial charge in [-0.3, -0.25) is 0 Å². The zero-order valence-corrected chi connectivity index (χ0v) is 17.1. The number of alkyl halides is 2. The maximum Gasteiger partial charge on any atom is 0.266 e. The van der Waals surface area contributed by atoms with Crippen LogP contribution < -0.4 is 10.2 Å². The molecule has 0 aliphatic carbocycles. The van der Waals surface area contributed by atoms with Gasteiger partial charge in [0.1, 0.15) is 5.82 Å². The highest BCUT2D eigenvalue weighted by Gasteiger charge is 2.27. The van der Waals surface area contributed by atoms with Crippen molar-refractivity contribution in [3.63, 3.8) is 0 Å². The summed E-state index contributed by atoms with van der Waals surface area (Å²) in [6, 6.07) is 9.94. The van der Waals surface area contributed by atoms with E-state index in [0.717, 1.165) is 30.2 Å². The number of likely N-dealkylation sites (N-methyl/N-ethyl adjacent to an activating group) is 2. The molecule has 2 aromatic carbocycles. The minimum atomic E-state index is -2.86. The molecule has 4 rings (SSSR count). The highest BCUT2D eigenvalue weighted by Crippen LogP contribution is 2.32. The Balaban J connectivity index is 1.64. The molecule has 0 saturated carbocycles. The average Bonchev–Trinajstić information content (AvgIpc) is 2.70. The highest BCUT2D eigenvalue weighted by molar-refractivity contribution is 5.93. The Morgan fingerprint density at radius 2 is 1.90 bits per heavy atom. The number of aromatic nitrogens is 2. The summed E-state index contributed by atoms with van der Waals surface area (Å²) < 4.78 is 40.7. The molecule has 1 aromatic heterocycles. The first-order valence-corrected chi connectivity index (χ1v) is 9.85. The van der Waals surface area contributed by atoms with E-state index in [-0.39, 0.29) is 5.56 Å². The predicted molar refractivity (Wildman–Crippen MR) is 113 cm³/mol. The Hall–Kier alpha value is -2.87. The van der Waals surface area contributed by atoms with E-state index in [1.54, 1.807) is 13.1 Å². The SMILES string of the molecule is C[C@@H](Nc1cnnc2ccc(N(C)C3CN(C)C3)cc12)c1cccc(C(F)F)c1F. The molecule has 1 saturated heterocycles. The lowest BCUT2D eigenvalue weighted by molar-refractivity contribution is 0.146. The smallest absolute Gasteiger partial charge is 0.266 e. The molecule has 3 aromatic rings. The molecule has 2 heterocycles. The van der Waals surface area contributed by atoms with Gasteiger partial charge in [0, 0.05) is 36.8 Å². The zero-order chi connectivity index (χ0) is 21.4. The fourth-order valence-electron chi connectivity index (χ4n) is 3.88. The molecule has 0 unspecified atom stereocenters. The maximum atomic E-state index is 14.6. The van der Waals surface area contributed by atoms with Crippen LogP contribution in [0, 0.1) is 5.82 Å². The molecule has 1 aliphatic heterocycles. The largest absolute Gasteiger partial charge is 0.377 e. The van der Waals surface area contributed by atoms with Gasteiger partial charge >= 0.3 is 0 Å². The third kappa shape index (κ3) is 3.79. The maximum absolute atomic E-state index is 14.6. The molecule has 8 heteroatoms.